The fourth-order valence-corrected chi connectivity index (χ4v) is 3.14. The minimum absolute atomic E-state index is 0.000535. The van der Waals surface area contributed by atoms with E-state index in [1.165, 1.54) is 0 Å². The fraction of sp³-hybridized carbons (Fsp3) is 0.688. The van der Waals surface area contributed by atoms with Crippen molar-refractivity contribution < 1.29 is 14.3 Å². The van der Waals surface area contributed by atoms with Crippen molar-refractivity contribution in [2.45, 2.75) is 51.7 Å². The third kappa shape index (κ3) is 4.10. The lowest BCUT2D eigenvalue weighted by Gasteiger charge is -2.40. The highest BCUT2D eigenvalue weighted by atomic mass is 16.5. The van der Waals surface area contributed by atoms with E-state index in [9.17, 15) is 9.59 Å². The van der Waals surface area contributed by atoms with Gasteiger partial charge in [-0.25, -0.2) is 0 Å². The molecule has 1 aliphatic heterocycles. The Balaban J connectivity index is 1.95. The van der Waals surface area contributed by atoms with Gasteiger partial charge in [0.15, 0.2) is 0 Å². The third-order valence-corrected chi connectivity index (χ3v) is 4.60. The second-order valence-corrected chi connectivity index (χ2v) is 6.05. The number of rotatable bonds is 5. The summed E-state index contributed by atoms with van der Waals surface area (Å²) >= 11 is 0. The highest BCUT2D eigenvalue weighted by Crippen LogP contribution is 2.24. The number of methoxy groups -OCH3 is 1. The van der Waals surface area contributed by atoms with Gasteiger partial charge in [-0.15, -0.1) is 0 Å². The molecule has 0 unspecified atom stereocenters. The molecule has 7 nitrogen and oxygen atoms in total. The molecule has 2 heterocycles. The van der Waals surface area contributed by atoms with Crippen LogP contribution in [0.2, 0.25) is 0 Å². The van der Waals surface area contributed by atoms with Crippen molar-refractivity contribution in [1.82, 2.24) is 14.7 Å². The topological polar surface area (TPSA) is 76.5 Å². The first kappa shape index (κ1) is 17.5. The summed E-state index contributed by atoms with van der Waals surface area (Å²) in [5.41, 5.74) is 1.64. The normalized spacial score (nSPS) is 21.3. The largest absolute Gasteiger partial charge is 0.379 e. The molecule has 2 amide bonds. The first-order chi connectivity index (χ1) is 10.9. The molecule has 0 aromatic carbocycles. The van der Waals surface area contributed by atoms with Crippen LogP contribution in [0.15, 0.2) is 6.20 Å². The number of aromatic nitrogens is 2. The van der Waals surface area contributed by atoms with Crippen molar-refractivity contribution in [1.29, 1.82) is 0 Å². The van der Waals surface area contributed by atoms with E-state index < -0.39 is 0 Å². The number of carbonyl (C=O) groups excluding carboxylic acids is 2. The number of carbonyl (C=O) groups is 2. The molecule has 0 saturated carbocycles. The number of likely N-dealkylation sites (tertiary alicyclic amines) is 1. The summed E-state index contributed by atoms with van der Waals surface area (Å²) in [7, 11) is 3.50. The lowest BCUT2D eigenvalue weighted by molar-refractivity contribution is -0.138. The van der Waals surface area contributed by atoms with Crippen molar-refractivity contribution >= 4 is 17.5 Å². The molecule has 0 aliphatic carbocycles. The average Bonchev–Trinajstić information content (AvgIpc) is 2.84. The molecule has 1 N–H and O–H groups in total. The highest BCUT2D eigenvalue weighted by molar-refractivity contribution is 5.91. The average molecular weight is 322 g/mol. The molecule has 2 atom stereocenters. The summed E-state index contributed by atoms with van der Waals surface area (Å²) in [6.45, 7) is 4.22. The summed E-state index contributed by atoms with van der Waals surface area (Å²) in [6, 6.07) is -0.0352. The number of amides is 2. The summed E-state index contributed by atoms with van der Waals surface area (Å²) in [5.74, 6) is -0.0229. The Morgan fingerprint density at radius 3 is 2.78 bits per heavy atom. The quantitative estimate of drug-likeness (QED) is 0.891. The van der Waals surface area contributed by atoms with Gasteiger partial charge in [0.05, 0.1) is 29.7 Å². The zero-order chi connectivity index (χ0) is 17.0. The maximum Gasteiger partial charge on any atom is 0.224 e. The predicted molar refractivity (Wildman–Crippen MR) is 87.0 cm³/mol. The van der Waals surface area contributed by atoms with Crippen LogP contribution in [-0.2, 0) is 21.4 Å². The van der Waals surface area contributed by atoms with Gasteiger partial charge in [-0.1, -0.05) is 0 Å². The van der Waals surface area contributed by atoms with Crippen LogP contribution in [0.4, 0.5) is 5.69 Å². The Bertz CT molecular complexity index is 570. The van der Waals surface area contributed by atoms with Crippen LogP contribution in [0.1, 0.15) is 38.3 Å². The molecule has 2 rings (SSSR count). The zero-order valence-corrected chi connectivity index (χ0v) is 14.3. The van der Waals surface area contributed by atoms with Crippen LogP contribution in [0.25, 0.3) is 0 Å². The predicted octanol–water partition coefficient (Wildman–Crippen LogP) is 1.47. The summed E-state index contributed by atoms with van der Waals surface area (Å²) < 4.78 is 7.24. The van der Waals surface area contributed by atoms with Crippen LogP contribution in [0, 0.1) is 6.92 Å². The van der Waals surface area contributed by atoms with E-state index >= 15 is 0 Å². The van der Waals surface area contributed by atoms with Gasteiger partial charge in [-0.3, -0.25) is 14.3 Å². The Morgan fingerprint density at radius 2 is 2.22 bits per heavy atom. The van der Waals surface area contributed by atoms with Crippen LogP contribution < -0.4 is 5.32 Å². The molecule has 1 aromatic rings. The molecule has 7 heteroatoms. The minimum Gasteiger partial charge on any atom is -0.379 e. The van der Waals surface area contributed by atoms with Crippen molar-refractivity contribution in [3.8, 4) is 0 Å². The van der Waals surface area contributed by atoms with Gasteiger partial charge in [-0.2, -0.15) is 5.10 Å². The molecule has 128 valence electrons. The Labute approximate surface area is 137 Å². The lowest BCUT2D eigenvalue weighted by Crippen LogP contribution is -2.51. The smallest absolute Gasteiger partial charge is 0.224 e. The number of hydrogen-bond donors (Lipinski definition) is 1. The van der Waals surface area contributed by atoms with Gasteiger partial charge in [0.1, 0.15) is 0 Å². The van der Waals surface area contributed by atoms with E-state index in [1.54, 1.807) is 24.9 Å². The van der Waals surface area contributed by atoms with Crippen LogP contribution >= 0.6 is 0 Å². The maximum atomic E-state index is 12.2. The highest BCUT2D eigenvalue weighted by Gasteiger charge is 2.33. The number of aryl methyl sites for hydroxylation is 1. The first-order valence-corrected chi connectivity index (χ1v) is 8.02. The van der Waals surface area contributed by atoms with Crippen LogP contribution in [0.3, 0.4) is 0 Å². The van der Waals surface area contributed by atoms with E-state index in [0.717, 1.165) is 30.8 Å². The van der Waals surface area contributed by atoms with E-state index in [-0.39, 0.29) is 24.0 Å². The van der Waals surface area contributed by atoms with Gasteiger partial charge < -0.3 is 15.0 Å². The van der Waals surface area contributed by atoms with E-state index in [0.29, 0.717) is 12.8 Å². The van der Waals surface area contributed by atoms with E-state index in [1.807, 2.05) is 18.9 Å². The van der Waals surface area contributed by atoms with Crippen molar-refractivity contribution in [3.63, 3.8) is 0 Å². The lowest BCUT2D eigenvalue weighted by atomic mass is 9.94. The first-order valence-electron chi connectivity index (χ1n) is 8.02. The fourth-order valence-electron chi connectivity index (χ4n) is 3.14. The van der Waals surface area contributed by atoms with Crippen molar-refractivity contribution in [2.75, 3.05) is 19.0 Å². The second-order valence-electron chi connectivity index (χ2n) is 6.05. The summed E-state index contributed by atoms with van der Waals surface area (Å²) in [6.07, 6.45) is 4.46. The van der Waals surface area contributed by atoms with E-state index in [2.05, 4.69) is 10.4 Å². The SMILES string of the molecule is CO[C@H]1CCCN(C(C)=O)[C@H]1CCC(=O)Nc1cnn(C)c1C. The number of nitrogens with one attached hydrogen (secondary N) is 1. The summed E-state index contributed by atoms with van der Waals surface area (Å²) in [5, 5.41) is 6.99. The van der Waals surface area contributed by atoms with Gasteiger partial charge in [0, 0.05) is 34.0 Å². The maximum absolute atomic E-state index is 12.2. The van der Waals surface area contributed by atoms with Crippen LogP contribution in [0.5, 0.6) is 0 Å². The van der Waals surface area contributed by atoms with Gasteiger partial charge in [0.2, 0.25) is 11.8 Å². The van der Waals surface area contributed by atoms with Gasteiger partial charge in [-0.05, 0) is 26.2 Å². The van der Waals surface area contributed by atoms with Gasteiger partial charge >= 0.3 is 0 Å². The van der Waals surface area contributed by atoms with Crippen LogP contribution in [-0.4, -0.2) is 52.3 Å². The van der Waals surface area contributed by atoms with Crippen molar-refractivity contribution in [2.24, 2.45) is 7.05 Å². The molecule has 1 saturated heterocycles. The number of hydrogen-bond acceptors (Lipinski definition) is 4. The van der Waals surface area contributed by atoms with Gasteiger partial charge in [0.25, 0.3) is 0 Å². The minimum atomic E-state index is -0.0648. The number of anilines is 1. The number of piperidine rings is 1. The molecular formula is C16H26N4O3. The third-order valence-electron chi connectivity index (χ3n) is 4.60. The molecular weight excluding hydrogens is 296 g/mol. The number of ether oxygens (including phenoxy) is 1. The zero-order valence-electron chi connectivity index (χ0n) is 14.3. The van der Waals surface area contributed by atoms with Crippen molar-refractivity contribution in [3.05, 3.63) is 11.9 Å². The monoisotopic (exact) mass is 322 g/mol. The standard InChI is InChI=1S/C16H26N4O3/c1-11-13(10-17-19(11)3)18-16(22)8-7-14-15(23-4)6-5-9-20(14)12(2)21/h10,14-15H,5-9H2,1-4H3,(H,18,22)/t14-,15-/m0/s1. The molecule has 1 aliphatic rings. The second kappa shape index (κ2) is 7.59. The molecule has 1 fully saturated rings. The Kier molecular flexibility index (Phi) is 5.76. The molecule has 0 spiro atoms. The van der Waals surface area contributed by atoms with E-state index in [4.69, 9.17) is 4.74 Å². The summed E-state index contributed by atoms with van der Waals surface area (Å²) in [4.78, 5) is 25.8. The molecule has 23 heavy (non-hydrogen) atoms. The Morgan fingerprint density at radius 1 is 1.48 bits per heavy atom. The Hall–Kier alpha value is -1.89. The molecule has 1 aromatic heterocycles. The molecule has 0 radical (unpaired) electrons. The number of nitrogens with zero attached hydrogens (tertiary/aromatic N) is 3. The molecule has 0 bridgehead atoms.